The number of benzene rings is 2. The summed E-state index contributed by atoms with van der Waals surface area (Å²) in [5.74, 6) is 0.605. The van der Waals surface area contributed by atoms with Crippen LogP contribution >= 0.6 is 0 Å². The molecular formula is C39H64N2O2. The van der Waals surface area contributed by atoms with Gasteiger partial charge in [0, 0.05) is 21.9 Å². The van der Waals surface area contributed by atoms with Gasteiger partial charge in [0.1, 0.15) is 0 Å². The molecule has 4 heteroatoms. The molecule has 2 aromatic carbocycles. The standard InChI is InChI=1S/C20H33NO.C19H31NO/c1-18(2,3)17(22)20(7,21-19(4,5)6)15-11-14-16-12-9-8-10-13-16;1-18(2,3)17(21)16(20-19(4,5)6)14-10-13-15-11-8-7-9-12-15/h8-10,12-13,21H,11,14-15H2,1-7H3;7-9,11-12,16,20H,10,13-14H2,1-6H3. The van der Waals surface area contributed by atoms with Crippen LogP contribution in [-0.4, -0.2) is 34.2 Å². The van der Waals surface area contributed by atoms with E-state index in [0.717, 1.165) is 38.5 Å². The number of carbonyl (C=O) groups excluding carboxylic acids is 2. The molecule has 0 spiro atoms. The van der Waals surface area contributed by atoms with Crippen molar-refractivity contribution >= 4 is 11.6 Å². The van der Waals surface area contributed by atoms with Crippen molar-refractivity contribution in [2.75, 3.05) is 0 Å². The molecule has 0 aliphatic heterocycles. The molecule has 2 aromatic rings. The molecule has 43 heavy (non-hydrogen) atoms. The Hall–Kier alpha value is -2.30. The number of aryl methyl sites for hydroxylation is 2. The second-order valence-electron chi connectivity index (χ2n) is 16.6. The van der Waals surface area contributed by atoms with E-state index in [1.54, 1.807) is 0 Å². The second-order valence-corrected chi connectivity index (χ2v) is 16.6. The number of carbonyl (C=O) groups is 2. The minimum atomic E-state index is -0.481. The summed E-state index contributed by atoms with van der Waals surface area (Å²) in [6.07, 6.45) is 5.82. The fourth-order valence-electron chi connectivity index (χ4n) is 5.65. The molecule has 0 amide bonds. The Labute approximate surface area is 265 Å². The third kappa shape index (κ3) is 15.8. The van der Waals surface area contributed by atoms with Crippen LogP contribution in [0, 0.1) is 10.8 Å². The number of hydrogen-bond acceptors (Lipinski definition) is 4. The first-order valence-electron chi connectivity index (χ1n) is 16.3. The van der Waals surface area contributed by atoms with Gasteiger partial charge < -0.3 is 10.6 Å². The number of Topliss-reactive ketones (excluding diaryl/α,β-unsaturated/α-hetero) is 2. The van der Waals surface area contributed by atoms with E-state index in [2.05, 4.69) is 108 Å². The van der Waals surface area contributed by atoms with Crippen molar-refractivity contribution in [1.82, 2.24) is 10.6 Å². The zero-order valence-corrected chi connectivity index (χ0v) is 29.9. The summed E-state index contributed by atoms with van der Waals surface area (Å²) in [4.78, 5) is 25.6. The van der Waals surface area contributed by atoms with Crippen molar-refractivity contribution in [3.8, 4) is 0 Å². The van der Waals surface area contributed by atoms with Crippen molar-refractivity contribution in [1.29, 1.82) is 0 Å². The van der Waals surface area contributed by atoms with Crippen LogP contribution in [0.15, 0.2) is 60.7 Å². The summed E-state index contributed by atoms with van der Waals surface area (Å²) in [6, 6.07) is 20.9. The molecule has 2 N–H and O–H groups in total. The van der Waals surface area contributed by atoms with Crippen LogP contribution in [0.3, 0.4) is 0 Å². The first-order chi connectivity index (χ1) is 19.5. The molecule has 0 fully saturated rings. The molecule has 2 unspecified atom stereocenters. The van der Waals surface area contributed by atoms with E-state index >= 15 is 0 Å². The molecule has 0 saturated carbocycles. The molecule has 242 valence electrons. The zero-order chi connectivity index (χ0) is 33.1. The maximum Gasteiger partial charge on any atom is 0.157 e. The molecule has 4 nitrogen and oxygen atoms in total. The van der Waals surface area contributed by atoms with Crippen LogP contribution in [0.4, 0.5) is 0 Å². The maximum absolute atomic E-state index is 12.9. The van der Waals surface area contributed by atoms with E-state index in [9.17, 15) is 9.59 Å². The van der Waals surface area contributed by atoms with E-state index in [0.29, 0.717) is 11.6 Å². The number of nitrogens with one attached hydrogen (secondary N) is 2. The lowest BCUT2D eigenvalue weighted by Gasteiger charge is -2.40. The van der Waals surface area contributed by atoms with E-state index in [1.165, 1.54) is 11.1 Å². The van der Waals surface area contributed by atoms with Gasteiger partial charge in [-0.1, -0.05) is 102 Å². The molecule has 0 aliphatic carbocycles. The Morgan fingerprint density at radius 1 is 0.605 bits per heavy atom. The Balaban J connectivity index is 0.000000430. The lowest BCUT2D eigenvalue weighted by Crippen LogP contribution is -2.59. The number of hydrogen-bond donors (Lipinski definition) is 2. The highest BCUT2D eigenvalue weighted by Crippen LogP contribution is 2.29. The first-order valence-corrected chi connectivity index (χ1v) is 16.3. The van der Waals surface area contributed by atoms with E-state index < -0.39 is 5.54 Å². The predicted molar refractivity (Wildman–Crippen MR) is 186 cm³/mol. The van der Waals surface area contributed by atoms with Gasteiger partial charge >= 0.3 is 0 Å². The fourth-order valence-corrected chi connectivity index (χ4v) is 5.65. The minimum Gasteiger partial charge on any atom is -0.303 e. The summed E-state index contributed by atoms with van der Waals surface area (Å²) in [6.45, 7) is 26.8. The Kier molecular flexibility index (Phi) is 14.5. The molecule has 2 atom stereocenters. The topological polar surface area (TPSA) is 58.2 Å². The Bertz CT molecular complexity index is 1100. The van der Waals surface area contributed by atoms with E-state index in [-0.39, 0.29) is 27.9 Å². The van der Waals surface area contributed by atoms with E-state index in [4.69, 9.17) is 0 Å². The average Bonchev–Trinajstić information content (AvgIpc) is 2.86. The monoisotopic (exact) mass is 592 g/mol. The number of rotatable bonds is 12. The third-order valence-electron chi connectivity index (χ3n) is 7.28. The molecule has 0 aliphatic rings. The predicted octanol–water partition coefficient (Wildman–Crippen LogP) is 9.15. The lowest BCUT2D eigenvalue weighted by molar-refractivity contribution is -0.133. The first kappa shape index (κ1) is 38.7. The van der Waals surface area contributed by atoms with Crippen molar-refractivity contribution in [2.45, 2.75) is 151 Å². The molecule has 0 aromatic heterocycles. The normalized spacial score (nSPS) is 14.7. The van der Waals surface area contributed by atoms with Crippen molar-refractivity contribution in [3.63, 3.8) is 0 Å². The van der Waals surface area contributed by atoms with Crippen molar-refractivity contribution in [3.05, 3.63) is 71.8 Å². The molecule has 0 bridgehead atoms. The zero-order valence-electron chi connectivity index (χ0n) is 29.9. The van der Waals surface area contributed by atoms with Crippen LogP contribution < -0.4 is 10.6 Å². The summed E-state index contributed by atoms with van der Waals surface area (Å²) in [5.41, 5.74) is 1.44. The van der Waals surface area contributed by atoms with Gasteiger partial charge in [0.25, 0.3) is 0 Å². The maximum atomic E-state index is 12.9. The highest BCUT2D eigenvalue weighted by atomic mass is 16.1. The van der Waals surface area contributed by atoms with Crippen molar-refractivity contribution < 1.29 is 9.59 Å². The average molecular weight is 593 g/mol. The number of ketones is 2. The highest BCUT2D eigenvalue weighted by Gasteiger charge is 2.41. The van der Waals surface area contributed by atoms with Crippen molar-refractivity contribution in [2.24, 2.45) is 10.8 Å². The van der Waals surface area contributed by atoms with Gasteiger partial charge in [0.2, 0.25) is 0 Å². The van der Waals surface area contributed by atoms with Crippen LogP contribution in [0.2, 0.25) is 0 Å². The van der Waals surface area contributed by atoms with Gasteiger partial charge in [-0.25, -0.2) is 0 Å². The molecule has 0 saturated heterocycles. The van der Waals surface area contributed by atoms with Gasteiger partial charge in [0.15, 0.2) is 11.6 Å². The largest absolute Gasteiger partial charge is 0.303 e. The smallest absolute Gasteiger partial charge is 0.157 e. The van der Waals surface area contributed by atoms with Crippen LogP contribution in [0.25, 0.3) is 0 Å². The summed E-state index contributed by atoms with van der Waals surface area (Å²) in [5, 5.41) is 7.07. The highest BCUT2D eigenvalue weighted by molar-refractivity contribution is 5.92. The summed E-state index contributed by atoms with van der Waals surface area (Å²) >= 11 is 0. The third-order valence-corrected chi connectivity index (χ3v) is 7.28. The molecular weight excluding hydrogens is 528 g/mol. The van der Waals surface area contributed by atoms with Crippen LogP contribution in [-0.2, 0) is 22.4 Å². The Morgan fingerprint density at radius 3 is 1.42 bits per heavy atom. The second kappa shape index (κ2) is 16.1. The summed E-state index contributed by atoms with van der Waals surface area (Å²) < 4.78 is 0. The van der Waals surface area contributed by atoms with Gasteiger partial charge in [-0.2, -0.15) is 0 Å². The van der Waals surface area contributed by atoms with Gasteiger partial charge in [-0.15, -0.1) is 0 Å². The summed E-state index contributed by atoms with van der Waals surface area (Å²) in [7, 11) is 0. The van der Waals surface area contributed by atoms with E-state index in [1.807, 2.05) is 53.7 Å². The SMILES string of the molecule is CC(C)(C)NC(C)(CCCc1ccccc1)C(=O)C(C)(C)C.CC(C)(C)NC(CCCc1ccccc1)C(=O)C(C)(C)C. The molecule has 0 radical (unpaired) electrons. The quantitative estimate of drug-likeness (QED) is 0.258. The lowest BCUT2D eigenvalue weighted by atomic mass is 9.75. The van der Waals surface area contributed by atoms with Crippen LogP contribution in [0.1, 0.15) is 127 Å². The van der Waals surface area contributed by atoms with Crippen LogP contribution in [0.5, 0.6) is 0 Å². The fraction of sp³-hybridized carbons (Fsp3) is 0.641. The molecule has 0 heterocycles. The van der Waals surface area contributed by atoms with Gasteiger partial charge in [0.05, 0.1) is 11.6 Å². The minimum absolute atomic E-state index is 0.0433. The Morgan fingerprint density at radius 2 is 1.05 bits per heavy atom. The van der Waals surface area contributed by atoms with Gasteiger partial charge in [-0.05, 0) is 98.1 Å². The molecule has 2 rings (SSSR count). The van der Waals surface area contributed by atoms with Gasteiger partial charge in [-0.3, -0.25) is 9.59 Å².